The Morgan fingerprint density at radius 1 is 1.10 bits per heavy atom. The zero-order valence-corrected chi connectivity index (χ0v) is 12.9. The van der Waals surface area contributed by atoms with Gasteiger partial charge in [0.25, 0.3) is 10.0 Å². The molecule has 2 N–H and O–H groups in total. The van der Waals surface area contributed by atoms with Gasteiger partial charge >= 0.3 is 0 Å². The fraction of sp³-hybridized carbons (Fsp3) is 0.250. The minimum atomic E-state index is -3.70. The van der Waals surface area contributed by atoms with Crippen molar-refractivity contribution in [3.05, 3.63) is 53.6 Å². The number of anilines is 1. The van der Waals surface area contributed by atoms with E-state index in [0.29, 0.717) is 5.56 Å². The molecule has 112 valence electrons. The maximum atomic E-state index is 12.4. The first-order valence-electron chi connectivity index (χ1n) is 6.84. The largest absolute Gasteiger partial charge is 0.506 e. The van der Waals surface area contributed by atoms with Gasteiger partial charge in [-0.2, -0.15) is 0 Å². The Hall–Kier alpha value is -2.01. The summed E-state index contributed by atoms with van der Waals surface area (Å²) in [7, 11) is -3.70. The molecule has 0 saturated carbocycles. The highest BCUT2D eigenvalue weighted by molar-refractivity contribution is 7.92. The highest BCUT2D eigenvalue weighted by atomic mass is 32.2. The first-order chi connectivity index (χ1) is 9.94. The predicted octanol–water partition coefficient (Wildman–Crippen LogP) is 3.45. The van der Waals surface area contributed by atoms with Crippen LogP contribution in [0, 0.1) is 6.92 Å². The van der Waals surface area contributed by atoms with Crippen LogP contribution in [0.1, 0.15) is 24.5 Å². The molecule has 0 aromatic heterocycles. The number of phenolic OH excluding ortho intramolecular Hbond substituents is 1. The normalized spacial score (nSPS) is 11.3. The van der Waals surface area contributed by atoms with Crippen LogP contribution in [0.3, 0.4) is 0 Å². The van der Waals surface area contributed by atoms with Crippen LogP contribution < -0.4 is 4.72 Å². The van der Waals surface area contributed by atoms with Crippen molar-refractivity contribution in [1.82, 2.24) is 0 Å². The first kappa shape index (κ1) is 15.4. The van der Waals surface area contributed by atoms with Gasteiger partial charge in [0.15, 0.2) is 0 Å². The van der Waals surface area contributed by atoms with Crippen molar-refractivity contribution in [2.75, 3.05) is 4.72 Å². The second-order valence-electron chi connectivity index (χ2n) is 4.97. The summed E-state index contributed by atoms with van der Waals surface area (Å²) >= 11 is 0. The second kappa shape index (κ2) is 6.18. The fourth-order valence-corrected chi connectivity index (χ4v) is 3.25. The van der Waals surface area contributed by atoms with Crippen molar-refractivity contribution < 1.29 is 13.5 Å². The number of sulfonamides is 1. The van der Waals surface area contributed by atoms with E-state index in [1.807, 2.05) is 12.1 Å². The number of hydrogen-bond acceptors (Lipinski definition) is 3. The summed E-state index contributed by atoms with van der Waals surface area (Å²) < 4.78 is 27.2. The summed E-state index contributed by atoms with van der Waals surface area (Å²) in [6, 6.07) is 11.7. The minimum Gasteiger partial charge on any atom is -0.506 e. The van der Waals surface area contributed by atoms with Crippen molar-refractivity contribution in [2.24, 2.45) is 0 Å². The molecule has 2 aromatic rings. The third-order valence-electron chi connectivity index (χ3n) is 3.26. The van der Waals surface area contributed by atoms with Gasteiger partial charge in [0, 0.05) is 0 Å². The van der Waals surface area contributed by atoms with Gasteiger partial charge in [0.2, 0.25) is 0 Å². The van der Waals surface area contributed by atoms with E-state index in [4.69, 9.17) is 0 Å². The lowest BCUT2D eigenvalue weighted by Gasteiger charge is -2.12. The Morgan fingerprint density at radius 3 is 2.33 bits per heavy atom. The van der Waals surface area contributed by atoms with Crippen molar-refractivity contribution in [3.63, 3.8) is 0 Å². The van der Waals surface area contributed by atoms with Gasteiger partial charge in [0.05, 0.1) is 10.6 Å². The monoisotopic (exact) mass is 305 g/mol. The molecule has 0 saturated heterocycles. The minimum absolute atomic E-state index is 0.0822. The van der Waals surface area contributed by atoms with Gasteiger partial charge in [-0.1, -0.05) is 37.6 Å². The van der Waals surface area contributed by atoms with E-state index in [2.05, 4.69) is 11.6 Å². The summed E-state index contributed by atoms with van der Waals surface area (Å²) in [5, 5.41) is 9.79. The average molecular weight is 305 g/mol. The molecule has 0 atom stereocenters. The topological polar surface area (TPSA) is 66.4 Å². The van der Waals surface area contributed by atoms with Crippen LogP contribution >= 0.6 is 0 Å². The van der Waals surface area contributed by atoms with E-state index in [0.717, 1.165) is 18.4 Å². The zero-order chi connectivity index (χ0) is 15.5. The lowest BCUT2D eigenvalue weighted by Crippen LogP contribution is -2.14. The Labute approximate surface area is 125 Å². The first-order valence-corrected chi connectivity index (χ1v) is 8.32. The molecular weight excluding hydrogens is 286 g/mol. The summed E-state index contributed by atoms with van der Waals surface area (Å²) in [5.41, 5.74) is 1.99. The van der Waals surface area contributed by atoms with Crippen LogP contribution in [0.5, 0.6) is 5.75 Å². The molecule has 0 unspecified atom stereocenters. The SMILES string of the molecule is CCCc1ccc(S(=O)(=O)Nc2c(C)cccc2O)cc1. The number of benzene rings is 2. The van der Waals surface area contributed by atoms with Gasteiger partial charge in [-0.3, -0.25) is 4.72 Å². The van der Waals surface area contributed by atoms with Crippen LogP contribution in [0.25, 0.3) is 0 Å². The standard InChI is InChI=1S/C16H19NO3S/c1-3-5-13-8-10-14(11-9-13)21(19,20)17-16-12(2)6-4-7-15(16)18/h4,6-11,17-18H,3,5H2,1-2H3. The molecule has 21 heavy (non-hydrogen) atoms. The molecule has 0 amide bonds. The lowest BCUT2D eigenvalue weighted by molar-refractivity contribution is 0.477. The highest BCUT2D eigenvalue weighted by Crippen LogP contribution is 2.29. The second-order valence-corrected chi connectivity index (χ2v) is 6.65. The maximum Gasteiger partial charge on any atom is 0.262 e. The van der Waals surface area contributed by atoms with Crippen LogP contribution in [0.4, 0.5) is 5.69 Å². The summed E-state index contributed by atoms with van der Waals surface area (Å²) in [6.45, 7) is 3.81. The maximum absolute atomic E-state index is 12.4. The van der Waals surface area contributed by atoms with Gasteiger partial charge in [0.1, 0.15) is 5.75 Å². The van der Waals surface area contributed by atoms with Gasteiger partial charge in [-0.05, 0) is 42.7 Å². The molecular formula is C16H19NO3S. The van der Waals surface area contributed by atoms with E-state index >= 15 is 0 Å². The van der Waals surface area contributed by atoms with Gasteiger partial charge < -0.3 is 5.11 Å². The third kappa shape index (κ3) is 3.55. The smallest absolute Gasteiger partial charge is 0.262 e. The molecule has 0 bridgehead atoms. The quantitative estimate of drug-likeness (QED) is 0.831. The van der Waals surface area contributed by atoms with Crippen molar-refractivity contribution >= 4 is 15.7 Å². The number of aromatic hydroxyl groups is 1. The van der Waals surface area contributed by atoms with E-state index in [-0.39, 0.29) is 16.3 Å². The Morgan fingerprint density at radius 2 is 1.76 bits per heavy atom. The molecule has 5 heteroatoms. The molecule has 2 aromatic carbocycles. The molecule has 0 radical (unpaired) electrons. The molecule has 2 rings (SSSR count). The molecule has 0 aliphatic rings. The Bertz CT molecular complexity index is 701. The van der Waals surface area contributed by atoms with E-state index in [1.54, 1.807) is 31.2 Å². The lowest BCUT2D eigenvalue weighted by atomic mass is 10.1. The number of phenols is 1. The van der Waals surface area contributed by atoms with Crippen LogP contribution in [-0.4, -0.2) is 13.5 Å². The van der Waals surface area contributed by atoms with Crippen molar-refractivity contribution in [2.45, 2.75) is 31.6 Å². The number of hydrogen-bond donors (Lipinski definition) is 2. The van der Waals surface area contributed by atoms with Gasteiger partial charge in [-0.25, -0.2) is 8.42 Å². The van der Waals surface area contributed by atoms with Crippen LogP contribution in [-0.2, 0) is 16.4 Å². The van der Waals surface area contributed by atoms with E-state index in [9.17, 15) is 13.5 Å². The molecule has 0 heterocycles. The van der Waals surface area contributed by atoms with Gasteiger partial charge in [-0.15, -0.1) is 0 Å². The summed E-state index contributed by atoms with van der Waals surface area (Å²) in [4.78, 5) is 0.185. The van der Waals surface area contributed by atoms with E-state index < -0.39 is 10.0 Å². The van der Waals surface area contributed by atoms with E-state index in [1.165, 1.54) is 6.07 Å². The average Bonchev–Trinajstić information content (AvgIpc) is 2.44. The van der Waals surface area contributed by atoms with Crippen molar-refractivity contribution in [1.29, 1.82) is 0 Å². The summed E-state index contributed by atoms with van der Waals surface area (Å²) in [5.74, 6) is -0.0822. The Kier molecular flexibility index (Phi) is 4.53. The summed E-state index contributed by atoms with van der Waals surface area (Å²) in [6.07, 6.45) is 1.94. The Balaban J connectivity index is 2.30. The molecule has 4 nitrogen and oxygen atoms in total. The van der Waals surface area contributed by atoms with Crippen LogP contribution in [0.15, 0.2) is 47.4 Å². The number of aryl methyl sites for hydroxylation is 2. The zero-order valence-electron chi connectivity index (χ0n) is 12.1. The van der Waals surface area contributed by atoms with Crippen molar-refractivity contribution in [3.8, 4) is 5.75 Å². The highest BCUT2D eigenvalue weighted by Gasteiger charge is 2.17. The number of rotatable bonds is 5. The number of nitrogens with one attached hydrogen (secondary N) is 1. The predicted molar refractivity (Wildman–Crippen MR) is 84.1 cm³/mol. The third-order valence-corrected chi connectivity index (χ3v) is 4.63. The molecule has 0 spiro atoms. The molecule has 0 fully saturated rings. The fourth-order valence-electron chi connectivity index (χ4n) is 2.10. The molecule has 0 aliphatic heterocycles. The number of para-hydroxylation sites is 1. The van der Waals surface area contributed by atoms with Crippen LogP contribution in [0.2, 0.25) is 0 Å². The molecule has 0 aliphatic carbocycles.